The van der Waals surface area contributed by atoms with E-state index in [2.05, 4.69) is 146 Å². The summed E-state index contributed by atoms with van der Waals surface area (Å²) in [4.78, 5) is 0. The maximum absolute atomic E-state index is 2.44. The molecular formula is C42H24S. The molecule has 0 aliphatic rings. The molecule has 10 aromatic rings. The summed E-state index contributed by atoms with van der Waals surface area (Å²) < 4.78 is 2.70. The summed E-state index contributed by atoms with van der Waals surface area (Å²) in [7, 11) is 0. The minimum Gasteiger partial charge on any atom is -0.134 e. The van der Waals surface area contributed by atoms with E-state index in [1.807, 2.05) is 11.3 Å². The standard InChI is InChI=1S/C42H24S/c1-2-10-25(11-3-1)27-14-6-20-36-37-21-7-15-28(42(37)43-41(27)36)26-22-23-31-34-18-8-16-32-29-12-4-5-13-30(29)33-17-9-19-35(38(31)24-26)40(33)39(32)34/h1-24H. The van der Waals surface area contributed by atoms with Gasteiger partial charge in [0.25, 0.3) is 0 Å². The Balaban J connectivity index is 1.30. The number of hydrogen-bond donors (Lipinski definition) is 0. The molecule has 1 heterocycles. The largest absolute Gasteiger partial charge is 0.134 e. The van der Waals surface area contributed by atoms with E-state index in [0.29, 0.717) is 0 Å². The Kier molecular flexibility index (Phi) is 4.69. The molecule has 0 nitrogen and oxygen atoms in total. The Morgan fingerprint density at radius 3 is 1.33 bits per heavy atom. The molecule has 0 atom stereocenters. The van der Waals surface area contributed by atoms with Crippen LogP contribution in [-0.4, -0.2) is 0 Å². The quantitative estimate of drug-likeness (QED) is 0.146. The van der Waals surface area contributed by atoms with Crippen LogP contribution in [0.2, 0.25) is 0 Å². The molecule has 1 heteroatoms. The lowest BCUT2D eigenvalue weighted by Gasteiger charge is -2.18. The van der Waals surface area contributed by atoms with Crippen LogP contribution in [0.3, 0.4) is 0 Å². The van der Waals surface area contributed by atoms with E-state index in [0.717, 1.165) is 0 Å². The number of benzene rings is 9. The molecule has 0 radical (unpaired) electrons. The van der Waals surface area contributed by atoms with Crippen LogP contribution in [0.4, 0.5) is 0 Å². The Hall–Kier alpha value is -5.24. The zero-order valence-corrected chi connectivity index (χ0v) is 24.1. The van der Waals surface area contributed by atoms with E-state index in [4.69, 9.17) is 0 Å². The molecule has 0 saturated heterocycles. The Morgan fingerprint density at radius 2 is 0.721 bits per heavy atom. The molecule has 1 aromatic heterocycles. The fourth-order valence-corrected chi connectivity index (χ4v) is 8.93. The zero-order chi connectivity index (χ0) is 28.1. The topological polar surface area (TPSA) is 0 Å². The summed E-state index contributed by atoms with van der Waals surface area (Å²) in [6.07, 6.45) is 0. The molecule has 0 spiro atoms. The summed E-state index contributed by atoms with van der Waals surface area (Å²) in [5.74, 6) is 0. The normalized spacial score (nSPS) is 12.2. The van der Waals surface area contributed by atoms with Gasteiger partial charge in [-0.15, -0.1) is 11.3 Å². The second-order valence-electron chi connectivity index (χ2n) is 11.6. The van der Waals surface area contributed by atoms with Crippen molar-refractivity contribution >= 4 is 85.4 Å². The predicted molar refractivity (Wildman–Crippen MR) is 189 cm³/mol. The fourth-order valence-electron chi connectivity index (χ4n) is 7.56. The van der Waals surface area contributed by atoms with Gasteiger partial charge in [0, 0.05) is 20.2 Å². The van der Waals surface area contributed by atoms with Gasteiger partial charge >= 0.3 is 0 Å². The Morgan fingerprint density at radius 1 is 0.279 bits per heavy atom. The Labute approximate surface area is 252 Å². The van der Waals surface area contributed by atoms with Crippen molar-refractivity contribution in [3.8, 4) is 22.3 Å². The van der Waals surface area contributed by atoms with Crippen molar-refractivity contribution < 1.29 is 0 Å². The van der Waals surface area contributed by atoms with Crippen molar-refractivity contribution in [2.24, 2.45) is 0 Å². The molecule has 0 aliphatic heterocycles. The van der Waals surface area contributed by atoms with Crippen LogP contribution in [0.1, 0.15) is 0 Å². The van der Waals surface area contributed by atoms with Crippen LogP contribution in [0.15, 0.2) is 146 Å². The summed E-state index contributed by atoms with van der Waals surface area (Å²) in [6.45, 7) is 0. The van der Waals surface area contributed by atoms with Crippen LogP contribution < -0.4 is 0 Å². The number of fused-ring (bicyclic) bond motifs is 9. The minimum atomic E-state index is 1.27. The van der Waals surface area contributed by atoms with Crippen molar-refractivity contribution in [3.05, 3.63) is 146 Å². The van der Waals surface area contributed by atoms with Gasteiger partial charge in [-0.3, -0.25) is 0 Å². The van der Waals surface area contributed by atoms with E-state index in [9.17, 15) is 0 Å². The molecule has 198 valence electrons. The third-order valence-corrected chi connectivity index (χ3v) is 10.7. The van der Waals surface area contributed by atoms with Crippen LogP contribution in [0.5, 0.6) is 0 Å². The smallest absolute Gasteiger partial charge is 0.0434 e. The summed E-state index contributed by atoms with van der Waals surface area (Å²) in [5.41, 5.74) is 5.14. The zero-order valence-electron chi connectivity index (χ0n) is 23.3. The molecule has 10 rings (SSSR count). The van der Waals surface area contributed by atoms with Crippen molar-refractivity contribution in [2.45, 2.75) is 0 Å². The number of hydrogen-bond acceptors (Lipinski definition) is 1. The molecule has 43 heavy (non-hydrogen) atoms. The van der Waals surface area contributed by atoms with Gasteiger partial charge in [-0.05, 0) is 82.2 Å². The highest BCUT2D eigenvalue weighted by Crippen LogP contribution is 2.47. The first-order chi connectivity index (χ1) is 21.3. The van der Waals surface area contributed by atoms with Gasteiger partial charge in [-0.1, -0.05) is 140 Å². The van der Waals surface area contributed by atoms with Crippen LogP contribution in [-0.2, 0) is 0 Å². The third kappa shape index (κ3) is 3.15. The van der Waals surface area contributed by atoms with Crippen molar-refractivity contribution in [3.63, 3.8) is 0 Å². The van der Waals surface area contributed by atoms with E-state index >= 15 is 0 Å². The van der Waals surface area contributed by atoms with Gasteiger partial charge in [0.2, 0.25) is 0 Å². The Bertz CT molecular complexity index is 2710. The first kappa shape index (κ1) is 23.3. The van der Waals surface area contributed by atoms with E-state index in [-0.39, 0.29) is 0 Å². The van der Waals surface area contributed by atoms with Crippen molar-refractivity contribution in [2.75, 3.05) is 0 Å². The van der Waals surface area contributed by atoms with Gasteiger partial charge in [0.05, 0.1) is 0 Å². The van der Waals surface area contributed by atoms with Crippen molar-refractivity contribution in [1.29, 1.82) is 0 Å². The van der Waals surface area contributed by atoms with Gasteiger partial charge in [0.15, 0.2) is 0 Å². The van der Waals surface area contributed by atoms with Crippen LogP contribution >= 0.6 is 11.3 Å². The number of thiophene rings is 1. The highest BCUT2D eigenvalue weighted by molar-refractivity contribution is 7.26. The average molecular weight is 561 g/mol. The van der Waals surface area contributed by atoms with E-state index in [1.54, 1.807) is 0 Å². The van der Waals surface area contributed by atoms with Crippen LogP contribution in [0, 0.1) is 0 Å². The summed E-state index contributed by atoms with van der Waals surface area (Å²) in [5, 5.41) is 16.1. The maximum Gasteiger partial charge on any atom is 0.0434 e. The SMILES string of the molecule is c1ccc(-c2cccc3c2sc2c(-c4ccc5c(c4)c4cccc6c7ccccc7c7cccc5c7c64)cccc23)cc1. The summed E-state index contributed by atoms with van der Waals surface area (Å²) >= 11 is 1.92. The molecule has 0 unspecified atom stereocenters. The van der Waals surface area contributed by atoms with Gasteiger partial charge in [-0.2, -0.15) is 0 Å². The summed E-state index contributed by atoms with van der Waals surface area (Å²) in [6, 6.07) is 54.0. The second kappa shape index (κ2) is 8.64. The van der Waals surface area contributed by atoms with Gasteiger partial charge < -0.3 is 0 Å². The fraction of sp³-hybridized carbons (Fsp3) is 0. The van der Waals surface area contributed by atoms with Crippen LogP contribution in [0.25, 0.3) is 96.3 Å². The second-order valence-corrected chi connectivity index (χ2v) is 12.6. The average Bonchev–Trinajstić information content (AvgIpc) is 3.47. The molecule has 0 aliphatic carbocycles. The van der Waals surface area contributed by atoms with Gasteiger partial charge in [0.1, 0.15) is 0 Å². The molecule has 0 amide bonds. The molecular weight excluding hydrogens is 537 g/mol. The molecule has 0 bridgehead atoms. The third-order valence-electron chi connectivity index (χ3n) is 9.41. The minimum absolute atomic E-state index is 1.27. The molecule has 0 saturated carbocycles. The lowest BCUT2D eigenvalue weighted by Crippen LogP contribution is -1.90. The molecule has 0 N–H and O–H groups in total. The molecule has 0 fully saturated rings. The predicted octanol–water partition coefficient (Wildman–Crippen LogP) is 12.6. The highest BCUT2D eigenvalue weighted by Gasteiger charge is 2.18. The molecule has 9 aromatic carbocycles. The first-order valence-corrected chi connectivity index (χ1v) is 15.7. The maximum atomic E-state index is 2.44. The number of rotatable bonds is 2. The lowest BCUT2D eigenvalue weighted by atomic mass is 9.85. The first-order valence-electron chi connectivity index (χ1n) is 14.9. The highest BCUT2D eigenvalue weighted by atomic mass is 32.1. The van der Waals surface area contributed by atoms with E-state index in [1.165, 1.54) is 96.3 Å². The monoisotopic (exact) mass is 560 g/mol. The van der Waals surface area contributed by atoms with Gasteiger partial charge in [-0.25, -0.2) is 0 Å². The van der Waals surface area contributed by atoms with Crippen molar-refractivity contribution in [1.82, 2.24) is 0 Å². The van der Waals surface area contributed by atoms with E-state index < -0.39 is 0 Å². The lowest BCUT2D eigenvalue weighted by molar-refractivity contribution is 1.67.